The number of aryl methyl sites for hydroxylation is 2. The van der Waals surface area contributed by atoms with Gasteiger partial charge in [-0.05, 0) is 39.0 Å². The van der Waals surface area contributed by atoms with Gasteiger partial charge in [-0.15, -0.1) is 11.3 Å². The van der Waals surface area contributed by atoms with Crippen molar-refractivity contribution in [1.82, 2.24) is 4.98 Å². The molecule has 0 spiro atoms. The van der Waals surface area contributed by atoms with E-state index in [4.69, 9.17) is 0 Å². The molecule has 1 aromatic carbocycles. The molecule has 2 aromatic rings. The number of thiazole rings is 1. The number of hydrazone groups is 1. The summed E-state index contributed by atoms with van der Waals surface area (Å²) in [7, 11) is 0. The summed E-state index contributed by atoms with van der Waals surface area (Å²) in [6, 6.07) is 4.32. The van der Waals surface area contributed by atoms with Gasteiger partial charge in [-0.2, -0.15) is 5.10 Å². The number of anilines is 1. The van der Waals surface area contributed by atoms with Crippen molar-refractivity contribution in [3.63, 3.8) is 0 Å². The standard InChI is InChI=1S/C13H15N3O2S/c1-7-9(3)19-13(14-7)16-15-8(2)11-6-10(17)4-5-12(11)18/h4-6,17-18H,1-3H3,(H,14,16)/b15-8+. The maximum Gasteiger partial charge on any atom is 0.203 e. The van der Waals surface area contributed by atoms with Crippen molar-refractivity contribution in [2.24, 2.45) is 5.10 Å². The lowest BCUT2D eigenvalue weighted by atomic mass is 10.1. The van der Waals surface area contributed by atoms with Crippen LogP contribution < -0.4 is 5.43 Å². The Bertz CT molecular complexity index is 615. The first-order chi connectivity index (χ1) is 8.97. The summed E-state index contributed by atoms with van der Waals surface area (Å²) < 4.78 is 0. The number of aromatic hydroxyl groups is 2. The number of phenolic OH excluding ortho intramolecular Hbond substituents is 2. The lowest BCUT2D eigenvalue weighted by Gasteiger charge is -2.04. The molecular weight excluding hydrogens is 262 g/mol. The van der Waals surface area contributed by atoms with Gasteiger partial charge in [0.05, 0.1) is 11.4 Å². The Morgan fingerprint density at radius 1 is 1.32 bits per heavy atom. The Morgan fingerprint density at radius 3 is 2.68 bits per heavy atom. The van der Waals surface area contributed by atoms with E-state index in [0.717, 1.165) is 10.6 Å². The zero-order valence-corrected chi connectivity index (χ0v) is 11.7. The van der Waals surface area contributed by atoms with Gasteiger partial charge in [-0.1, -0.05) is 0 Å². The van der Waals surface area contributed by atoms with E-state index >= 15 is 0 Å². The Kier molecular flexibility index (Phi) is 3.71. The topological polar surface area (TPSA) is 77.7 Å². The molecule has 100 valence electrons. The second-order valence-corrected chi connectivity index (χ2v) is 5.37. The summed E-state index contributed by atoms with van der Waals surface area (Å²) in [6.45, 7) is 5.68. The van der Waals surface area contributed by atoms with Crippen LogP contribution in [0.4, 0.5) is 5.13 Å². The molecular formula is C13H15N3O2S. The fraction of sp³-hybridized carbons (Fsp3) is 0.231. The summed E-state index contributed by atoms with van der Waals surface area (Å²) in [5, 5.41) is 24.0. The quantitative estimate of drug-likeness (QED) is 0.458. The van der Waals surface area contributed by atoms with Gasteiger partial charge in [-0.3, -0.25) is 5.43 Å². The van der Waals surface area contributed by atoms with Gasteiger partial charge in [0.2, 0.25) is 5.13 Å². The van der Waals surface area contributed by atoms with Crippen molar-refractivity contribution >= 4 is 22.2 Å². The van der Waals surface area contributed by atoms with E-state index in [-0.39, 0.29) is 11.5 Å². The van der Waals surface area contributed by atoms with Crippen LogP contribution in [-0.2, 0) is 0 Å². The van der Waals surface area contributed by atoms with Gasteiger partial charge < -0.3 is 10.2 Å². The van der Waals surface area contributed by atoms with Crippen LogP contribution in [0, 0.1) is 13.8 Å². The van der Waals surface area contributed by atoms with Crippen LogP contribution in [0.5, 0.6) is 11.5 Å². The molecule has 0 radical (unpaired) electrons. The van der Waals surface area contributed by atoms with E-state index in [1.807, 2.05) is 13.8 Å². The Labute approximate surface area is 115 Å². The number of aromatic nitrogens is 1. The van der Waals surface area contributed by atoms with Crippen molar-refractivity contribution in [3.05, 3.63) is 34.3 Å². The van der Waals surface area contributed by atoms with Crippen molar-refractivity contribution < 1.29 is 10.2 Å². The summed E-state index contributed by atoms with van der Waals surface area (Å²) in [5.74, 6) is 0.163. The molecule has 5 nitrogen and oxygen atoms in total. The molecule has 0 fully saturated rings. The second-order valence-electron chi connectivity index (χ2n) is 4.17. The second kappa shape index (κ2) is 5.27. The van der Waals surface area contributed by atoms with Crippen LogP contribution in [0.2, 0.25) is 0 Å². The van der Waals surface area contributed by atoms with Crippen molar-refractivity contribution in [2.75, 3.05) is 5.43 Å². The molecule has 0 aliphatic rings. The first kappa shape index (κ1) is 13.4. The summed E-state index contributed by atoms with van der Waals surface area (Å²) in [6.07, 6.45) is 0. The maximum atomic E-state index is 9.72. The van der Waals surface area contributed by atoms with Crippen molar-refractivity contribution in [1.29, 1.82) is 0 Å². The van der Waals surface area contributed by atoms with Crippen LogP contribution >= 0.6 is 11.3 Å². The predicted octanol–water partition coefficient (Wildman–Crippen LogP) is 3.01. The molecule has 6 heteroatoms. The lowest BCUT2D eigenvalue weighted by molar-refractivity contribution is 0.459. The summed E-state index contributed by atoms with van der Waals surface area (Å²) in [4.78, 5) is 5.44. The normalized spacial score (nSPS) is 11.6. The highest BCUT2D eigenvalue weighted by atomic mass is 32.1. The van der Waals surface area contributed by atoms with Gasteiger partial charge >= 0.3 is 0 Å². The first-order valence-corrected chi connectivity index (χ1v) is 6.55. The van der Waals surface area contributed by atoms with Crippen LogP contribution in [0.25, 0.3) is 0 Å². The zero-order chi connectivity index (χ0) is 14.0. The largest absolute Gasteiger partial charge is 0.508 e. The fourth-order valence-corrected chi connectivity index (χ4v) is 2.28. The van der Waals surface area contributed by atoms with Gasteiger partial charge in [-0.25, -0.2) is 4.98 Å². The molecule has 0 unspecified atom stereocenters. The molecule has 0 bridgehead atoms. The zero-order valence-electron chi connectivity index (χ0n) is 10.9. The molecule has 0 atom stereocenters. The van der Waals surface area contributed by atoms with Crippen LogP contribution in [0.1, 0.15) is 23.1 Å². The van der Waals surface area contributed by atoms with Crippen LogP contribution in [0.15, 0.2) is 23.3 Å². The average molecular weight is 277 g/mol. The molecule has 0 aliphatic carbocycles. The number of nitrogens with zero attached hydrogens (tertiary/aromatic N) is 2. The van der Waals surface area contributed by atoms with E-state index in [1.54, 1.807) is 6.92 Å². The predicted molar refractivity (Wildman–Crippen MR) is 77.2 cm³/mol. The van der Waals surface area contributed by atoms with Crippen LogP contribution in [-0.4, -0.2) is 20.9 Å². The molecule has 3 N–H and O–H groups in total. The van der Waals surface area contributed by atoms with E-state index in [0.29, 0.717) is 16.4 Å². The summed E-state index contributed by atoms with van der Waals surface area (Å²) in [5.41, 5.74) is 4.88. The highest BCUT2D eigenvalue weighted by Gasteiger charge is 2.07. The third-order valence-electron chi connectivity index (χ3n) is 2.72. The Morgan fingerprint density at radius 2 is 2.05 bits per heavy atom. The molecule has 0 amide bonds. The lowest BCUT2D eigenvalue weighted by Crippen LogP contribution is -2.00. The smallest absolute Gasteiger partial charge is 0.203 e. The minimum atomic E-state index is 0.0762. The minimum Gasteiger partial charge on any atom is -0.508 e. The Hall–Kier alpha value is -2.08. The Balaban J connectivity index is 2.21. The number of hydrogen-bond acceptors (Lipinski definition) is 6. The number of rotatable bonds is 3. The number of benzene rings is 1. The molecule has 2 rings (SSSR count). The number of hydrogen-bond donors (Lipinski definition) is 3. The van der Waals surface area contributed by atoms with E-state index in [1.165, 1.54) is 29.5 Å². The van der Waals surface area contributed by atoms with Crippen molar-refractivity contribution in [3.8, 4) is 11.5 Å². The molecule has 0 saturated heterocycles. The van der Waals surface area contributed by atoms with Crippen molar-refractivity contribution in [2.45, 2.75) is 20.8 Å². The monoisotopic (exact) mass is 277 g/mol. The SMILES string of the molecule is C/C(=N\Nc1nc(C)c(C)s1)c1cc(O)ccc1O. The van der Waals surface area contributed by atoms with Gasteiger partial charge in [0.15, 0.2) is 0 Å². The number of phenols is 2. The fourth-order valence-electron chi connectivity index (χ4n) is 1.53. The summed E-state index contributed by atoms with van der Waals surface area (Å²) >= 11 is 1.52. The maximum absolute atomic E-state index is 9.72. The van der Waals surface area contributed by atoms with E-state index in [9.17, 15) is 10.2 Å². The molecule has 1 aromatic heterocycles. The number of nitrogens with one attached hydrogen (secondary N) is 1. The molecule has 19 heavy (non-hydrogen) atoms. The third kappa shape index (κ3) is 3.03. The molecule has 1 heterocycles. The molecule has 0 aliphatic heterocycles. The minimum absolute atomic E-state index is 0.0762. The van der Waals surface area contributed by atoms with Gasteiger partial charge in [0.1, 0.15) is 11.5 Å². The van der Waals surface area contributed by atoms with E-state index < -0.39 is 0 Å². The van der Waals surface area contributed by atoms with Crippen LogP contribution in [0.3, 0.4) is 0 Å². The highest BCUT2D eigenvalue weighted by molar-refractivity contribution is 7.15. The highest BCUT2D eigenvalue weighted by Crippen LogP contribution is 2.24. The average Bonchev–Trinajstić information content (AvgIpc) is 2.69. The molecule has 0 saturated carbocycles. The van der Waals surface area contributed by atoms with Gasteiger partial charge in [0, 0.05) is 10.4 Å². The third-order valence-corrected chi connectivity index (χ3v) is 3.70. The van der Waals surface area contributed by atoms with Gasteiger partial charge in [0.25, 0.3) is 0 Å². The van der Waals surface area contributed by atoms with E-state index in [2.05, 4.69) is 15.5 Å². The first-order valence-electron chi connectivity index (χ1n) is 5.74.